The first-order chi connectivity index (χ1) is 11.5. The molecule has 2 aromatic carbocycles. The number of halogens is 1. The smallest absolute Gasteiger partial charge is 0.326 e. The number of carboxylic acids is 1. The molecule has 5 nitrogen and oxygen atoms in total. The summed E-state index contributed by atoms with van der Waals surface area (Å²) < 4.78 is 24.8. The maximum atomic E-state index is 14.3. The molecule has 0 fully saturated rings. The summed E-state index contributed by atoms with van der Waals surface area (Å²) in [6.07, 6.45) is 0.279. The summed E-state index contributed by atoms with van der Waals surface area (Å²) in [6, 6.07) is 9.21. The molecular formula is C18H18FNO4. The van der Waals surface area contributed by atoms with Crippen LogP contribution < -0.4 is 14.4 Å². The SMILES string of the molecule is COc1ccc(CN2c3c(F)cccc3CC2C(=O)O)c(OC)c1. The summed E-state index contributed by atoms with van der Waals surface area (Å²) in [5, 5.41) is 9.52. The Morgan fingerprint density at radius 2 is 2.08 bits per heavy atom. The van der Waals surface area contributed by atoms with Gasteiger partial charge in [0.2, 0.25) is 0 Å². The van der Waals surface area contributed by atoms with Gasteiger partial charge in [-0.3, -0.25) is 0 Å². The fourth-order valence-electron chi connectivity index (χ4n) is 3.10. The fourth-order valence-corrected chi connectivity index (χ4v) is 3.10. The third kappa shape index (κ3) is 2.75. The molecule has 0 aromatic heterocycles. The number of anilines is 1. The summed E-state index contributed by atoms with van der Waals surface area (Å²) in [7, 11) is 3.09. The maximum Gasteiger partial charge on any atom is 0.326 e. The molecule has 0 saturated carbocycles. The zero-order valence-corrected chi connectivity index (χ0v) is 13.5. The van der Waals surface area contributed by atoms with Crippen LogP contribution in [0.3, 0.4) is 0 Å². The number of carboxylic acid groups (broad SMARTS) is 1. The monoisotopic (exact) mass is 331 g/mol. The van der Waals surface area contributed by atoms with Gasteiger partial charge in [-0.1, -0.05) is 12.1 Å². The number of hydrogen-bond donors (Lipinski definition) is 1. The van der Waals surface area contributed by atoms with Crippen LogP contribution in [0.1, 0.15) is 11.1 Å². The van der Waals surface area contributed by atoms with Crippen LogP contribution in [0.4, 0.5) is 10.1 Å². The van der Waals surface area contributed by atoms with E-state index in [0.29, 0.717) is 22.7 Å². The molecule has 0 aliphatic carbocycles. The Kier molecular flexibility index (Phi) is 4.29. The average Bonchev–Trinajstić information content (AvgIpc) is 2.95. The average molecular weight is 331 g/mol. The Bertz CT molecular complexity index is 778. The lowest BCUT2D eigenvalue weighted by Crippen LogP contribution is -2.38. The molecule has 0 bridgehead atoms. The van der Waals surface area contributed by atoms with Crippen LogP contribution in [-0.2, 0) is 17.8 Å². The Morgan fingerprint density at radius 3 is 2.75 bits per heavy atom. The van der Waals surface area contributed by atoms with E-state index in [2.05, 4.69) is 0 Å². The Balaban J connectivity index is 2.00. The number of aliphatic carboxylic acids is 1. The van der Waals surface area contributed by atoms with Gasteiger partial charge in [-0.05, 0) is 23.8 Å². The molecule has 1 N–H and O–H groups in total. The quantitative estimate of drug-likeness (QED) is 0.913. The number of methoxy groups -OCH3 is 2. The predicted octanol–water partition coefficient (Wildman–Crippen LogP) is 2.86. The van der Waals surface area contributed by atoms with Crippen molar-refractivity contribution >= 4 is 11.7 Å². The van der Waals surface area contributed by atoms with Crippen molar-refractivity contribution in [1.82, 2.24) is 0 Å². The zero-order chi connectivity index (χ0) is 17.3. The number of nitrogens with zero attached hydrogens (tertiary/aromatic N) is 1. The van der Waals surface area contributed by atoms with Gasteiger partial charge in [0.05, 0.1) is 19.9 Å². The van der Waals surface area contributed by atoms with Crippen LogP contribution in [-0.4, -0.2) is 31.3 Å². The first kappa shape index (κ1) is 16.1. The third-order valence-corrected chi connectivity index (χ3v) is 4.27. The van der Waals surface area contributed by atoms with Gasteiger partial charge in [0.1, 0.15) is 23.4 Å². The highest BCUT2D eigenvalue weighted by atomic mass is 19.1. The van der Waals surface area contributed by atoms with Crippen LogP contribution in [0.5, 0.6) is 11.5 Å². The van der Waals surface area contributed by atoms with Crippen LogP contribution in [0.2, 0.25) is 0 Å². The first-order valence-corrected chi connectivity index (χ1v) is 7.53. The summed E-state index contributed by atoms with van der Waals surface area (Å²) in [5.74, 6) is -0.177. The summed E-state index contributed by atoms with van der Waals surface area (Å²) in [6.45, 7) is 0.234. The first-order valence-electron chi connectivity index (χ1n) is 7.53. The number of ether oxygens (including phenoxy) is 2. The molecule has 0 saturated heterocycles. The van der Waals surface area contributed by atoms with E-state index in [1.165, 1.54) is 13.2 Å². The largest absolute Gasteiger partial charge is 0.497 e. The summed E-state index contributed by atoms with van der Waals surface area (Å²) in [5.41, 5.74) is 1.82. The van der Waals surface area contributed by atoms with E-state index in [0.717, 1.165) is 5.56 Å². The van der Waals surface area contributed by atoms with E-state index >= 15 is 0 Å². The van der Waals surface area contributed by atoms with Crippen molar-refractivity contribution in [3.63, 3.8) is 0 Å². The summed E-state index contributed by atoms with van der Waals surface area (Å²) >= 11 is 0. The molecule has 0 radical (unpaired) electrons. The fraction of sp³-hybridized carbons (Fsp3) is 0.278. The van der Waals surface area contributed by atoms with Gasteiger partial charge >= 0.3 is 5.97 Å². The van der Waals surface area contributed by atoms with Gasteiger partial charge < -0.3 is 19.5 Å². The van der Waals surface area contributed by atoms with Crippen molar-refractivity contribution < 1.29 is 23.8 Å². The van der Waals surface area contributed by atoms with Crippen LogP contribution in [0.15, 0.2) is 36.4 Å². The molecule has 2 aromatic rings. The normalized spacial score (nSPS) is 16.0. The van der Waals surface area contributed by atoms with Crippen LogP contribution >= 0.6 is 0 Å². The highest BCUT2D eigenvalue weighted by molar-refractivity contribution is 5.82. The molecule has 126 valence electrons. The highest BCUT2D eigenvalue weighted by Crippen LogP contribution is 2.37. The van der Waals surface area contributed by atoms with Crippen molar-refractivity contribution in [2.24, 2.45) is 0 Å². The molecule has 1 aliphatic rings. The maximum absolute atomic E-state index is 14.3. The van der Waals surface area contributed by atoms with Gasteiger partial charge in [0, 0.05) is 24.6 Å². The van der Waals surface area contributed by atoms with Gasteiger partial charge in [-0.25, -0.2) is 9.18 Å². The Morgan fingerprint density at radius 1 is 1.29 bits per heavy atom. The molecule has 1 aliphatic heterocycles. The number of hydrogen-bond acceptors (Lipinski definition) is 4. The lowest BCUT2D eigenvalue weighted by atomic mass is 10.1. The van der Waals surface area contributed by atoms with Crippen LogP contribution in [0, 0.1) is 5.82 Å². The minimum absolute atomic E-state index is 0.234. The number of benzene rings is 2. The van der Waals surface area contributed by atoms with Crippen molar-refractivity contribution in [3.8, 4) is 11.5 Å². The number of rotatable bonds is 5. The van der Waals surface area contributed by atoms with E-state index < -0.39 is 17.8 Å². The van der Waals surface area contributed by atoms with Crippen molar-refractivity contribution in [1.29, 1.82) is 0 Å². The van der Waals surface area contributed by atoms with E-state index in [1.54, 1.807) is 42.3 Å². The molecule has 6 heteroatoms. The molecule has 1 heterocycles. The van der Waals surface area contributed by atoms with Crippen molar-refractivity contribution in [3.05, 3.63) is 53.3 Å². The molecule has 1 unspecified atom stereocenters. The number of carbonyl (C=O) groups is 1. The Labute approximate surface area is 139 Å². The second-order valence-electron chi connectivity index (χ2n) is 5.61. The minimum Gasteiger partial charge on any atom is -0.497 e. The van der Waals surface area contributed by atoms with Crippen molar-refractivity contribution in [2.75, 3.05) is 19.1 Å². The van der Waals surface area contributed by atoms with E-state index in [9.17, 15) is 14.3 Å². The lowest BCUT2D eigenvalue weighted by molar-refractivity contribution is -0.138. The number of para-hydroxylation sites is 1. The van der Waals surface area contributed by atoms with E-state index in [4.69, 9.17) is 9.47 Å². The van der Waals surface area contributed by atoms with Gasteiger partial charge in [-0.2, -0.15) is 0 Å². The minimum atomic E-state index is -0.974. The molecule has 1 atom stereocenters. The van der Waals surface area contributed by atoms with Gasteiger partial charge in [0.25, 0.3) is 0 Å². The lowest BCUT2D eigenvalue weighted by Gasteiger charge is -2.26. The van der Waals surface area contributed by atoms with Crippen LogP contribution in [0.25, 0.3) is 0 Å². The van der Waals surface area contributed by atoms with E-state index in [1.807, 2.05) is 0 Å². The molecule has 0 spiro atoms. The Hall–Kier alpha value is -2.76. The molecule has 3 rings (SSSR count). The standard InChI is InChI=1S/C18H18FNO4/c1-23-13-7-6-12(16(9-13)24-2)10-20-15(18(21)22)8-11-4-3-5-14(19)17(11)20/h3-7,9,15H,8,10H2,1-2H3,(H,21,22). The van der Waals surface area contributed by atoms with Gasteiger partial charge in [-0.15, -0.1) is 0 Å². The molecule has 0 amide bonds. The number of fused-ring (bicyclic) bond motifs is 1. The topological polar surface area (TPSA) is 59.0 Å². The summed E-state index contributed by atoms with van der Waals surface area (Å²) in [4.78, 5) is 13.2. The highest BCUT2D eigenvalue weighted by Gasteiger charge is 2.36. The molecular weight excluding hydrogens is 313 g/mol. The zero-order valence-electron chi connectivity index (χ0n) is 13.5. The molecule has 24 heavy (non-hydrogen) atoms. The van der Waals surface area contributed by atoms with Gasteiger partial charge in [0.15, 0.2) is 0 Å². The third-order valence-electron chi connectivity index (χ3n) is 4.27. The second-order valence-corrected chi connectivity index (χ2v) is 5.61. The van der Waals surface area contributed by atoms with Crippen molar-refractivity contribution in [2.45, 2.75) is 19.0 Å². The van der Waals surface area contributed by atoms with E-state index in [-0.39, 0.29) is 13.0 Å². The second kappa shape index (κ2) is 6.39. The predicted molar refractivity (Wildman–Crippen MR) is 87.3 cm³/mol.